The summed E-state index contributed by atoms with van der Waals surface area (Å²) in [5.74, 6) is -0.406. The van der Waals surface area contributed by atoms with Gasteiger partial charge >= 0.3 is 5.71 Å². The number of nitrogens with zero attached hydrogens (tertiary/aromatic N) is 1. The fourth-order valence-corrected chi connectivity index (χ4v) is 3.57. The number of Topliss-reactive ketones (excluding diaryl/α,β-unsaturated/α-hetero) is 1. The quantitative estimate of drug-likeness (QED) is 0.267. The number of nitrogens with one attached hydrogen (secondary N) is 1. The van der Waals surface area contributed by atoms with Crippen molar-refractivity contribution in [2.24, 2.45) is 0 Å². The molecule has 1 atom stereocenters. The molecule has 3 aromatic carbocycles. The number of quaternary nitrogens is 1. The Labute approximate surface area is 171 Å². The second kappa shape index (κ2) is 7.62. The first-order valence-electron chi connectivity index (χ1n) is 8.77. The number of carbonyl (C=O) groups is 1. The zero-order valence-corrected chi connectivity index (χ0v) is 15.8. The Morgan fingerprint density at radius 1 is 1.03 bits per heavy atom. The third-order valence-electron chi connectivity index (χ3n) is 4.66. The Kier molecular flexibility index (Phi) is 5.00. The summed E-state index contributed by atoms with van der Waals surface area (Å²) in [6.45, 7) is 0. The van der Waals surface area contributed by atoms with Gasteiger partial charge in [-0.15, -0.1) is 0 Å². The van der Waals surface area contributed by atoms with Crippen molar-refractivity contribution in [1.29, 1.82) is 0 Å². The van der Waals surface area contributed by atoms with Gasteiger partial charge in [-0.05, 0) is 29.8 Å². The molecule has 0 radical (unpaired) electrons. The Hall–Kier alpha value is -3.29. The van der Waals surface area contributed by atoms with E-state index in [1.165, 1.54) is 12.1 Å². The van der Waals surface area contributed by atoms with E-state index in [0.29, 0.717) is 5.56 Å². The van der Waals surface area contributed by atoms with Crippen LogP contribution in [-0.2, 0) is 0 Å². The summed E-state index contributed by atoms with van der Waals surface area (Å²) in [6, 6.07) is 20.6. The van der Waals surface area contributed by atoms with E-state index in [0.717, 1.165) is 10.3 Å². The normalized spacial score (nSPS) is 14.9. The Morgan fingerprint density at radius 2 is 1.66 bits per heavy atom. The number of hydrogen-bond acceptors (Lipinski definition) is 4. The molecule has 144 valence electrons. The summed E-state index contributed by atoms with van der Waals surface area (Å²) < 4.78 is 0.734. The molecule has 29 heavy (non-hydrogen) atoms. The zero-order chi connectivity index (χ0) is 20.5. The summed E-state index contributed by atoms with van der Waals surface area (Å²) in [6.07, 6.45) is 1.63. The van der Waals surface area contributed by atoms with Crippen LogP contribution < -0.4 is 5.23 Å². The lowest BCUT2D eigenvalue weighted by molar-refractivity contribution is -0.991. The summed E-state index contributed by atoms with van der Waals surface area (Å²) in [5.41, 5.74) is 1.78. The minimum Gasteiger partial charge on any atom is -0.595 e. The molecule has 4 rings (SSSR count). The van der Waals surface area contributed by atoms with Gasteiger partial charge in [-0.1, -0.05) is 60.1 Å². The molecule has 6 nitrogen and oxygen atoms in total. The van der Waals surface area contributed by atoms with Crippen molar-refractivity contribution in [2.75, 3.05) is 0 Å². The van der Waals surface area contributed by atoms with Crippen molar-refractivity contribution in [3.05, 3.63) is 100 Å². The van der Waals surface area contributed by atoms with Gasteiger partial charge in [-0.3, -0.25) is 10.0 Å². The van der Waals surface area contributed by atoms with Crippen LogP contribution >= 0.6 is 11.6 Å². The lowest BCUT2D eigenvalue weighted by atomic mass is 9.99. The van der Waals surface area contributed by atoms with Crippen molar-refractivity contribution >= 4 is 45.6 Å². The van der Waals surface area contributed by atoms with E-state index >= 15 is 0 Å². The average molecular weight is 408 g/mol. The van der Waals surface area contributed by atoms with Gasteiger partial charge in [-0.2, -0.15) is 5.23 Å². The van der Waals surface area contributed by atoms with Crippen molar-refractivity contribution in [2.45, 2.75) is 0 Å². The number of hydrogen-bond donors (Lipinski definition) is 3. The van der Waals surface area contributed by atoms with Gasteiger partial charge < -0.3 is 5.21 Å². The molecule has 0 amide bonds. The van der Waals surface area contributed by atoms with Gasteiger partial charge in [0.1, 0.15) is 5.56 Å². The van der Waals surface area contributed by atoms with Crippen LogP contribution in [0, 0.1) is 5.21 Å². The van der Waals surface area contributed by atoms with Crippen LogP contribution in [0.2, 0.25) is 0 Å². The van der Waals surface area contributed by atoms with Gasteiger partial charge in [0.15, 0.2) is 5.69 Å². The van der Waals surface area contributed by atoms with Crippen LogP contribution in [0.4, 0.5) is 11.4 Å². The molecule has 0 bridgehead atoms. The first-order chi connectivity index (χ1) is 14.0. The number of halogens is 1. The number of rotatable bonds is 4. The lowest BCUT2D eigenvalue weighted by Gasteiger charge is -2.15. The molecule has 0 aromatic heterocycles. The van der Waals surface area contributed by atoms with Crippen LogP contribution in [0.5, 0.6) is 0 Å². The molecule has 1 aliphatic heterocycles. The summed E-state index contributed by atoms with van der Waals surface area (Å²) in [4.78, 5) is 13.0. The highest BCUT2D eigenvalue weighted by atomic mass is 35.5. The maximum absolute atomic E-state index is 13.0. The molecule has 1 heterocycles. The van der Waals surface area contributed by atoms with Crippen molar-refractivity contribution in [3.8, 4) is 0 Å². The molecule has 1 aliphatic rings. The minimum absolute atomic E-state index is 0.0669. The van der Waals surface area contributed by atoms with E-state index in [9.17, 15) is 20.4 Å². The smallest absolute Gasteiger partial charge is 0.313 e. The van der Waals surface area contributed by atoms with E-state index < -0.39 is 11.0 Å². The van der Waals surface area contributed by atoms with E-state index in [-0.39, 0.29) is 33.2 Å². The number of fused-ring (bicyclic) bond motifs is 1. The van der Waals surface area contributed by atoms with Crippen molar-refractivity contribution in [3.63, 3.8) is 0 Å². The summed E-state index contributed by atoms with van der Waals surface area (Å²) in [7, 11) is 0. The fourth-order valence-electron chi connectivity index (χ4n) is 3.29. The Morgan fingerprint density at radius 3 is 2.28 bits per heavy atom. The molecule has 0 spiro atoms. The van der Waals surface area contributed by atoms with Crippen molar-refractivity contribution < 1.29 is 25.2 Å². The van der Waals surface area contributed by atoms with E-state index in [2.05, 4.69) is 0 Å². The highest BCUT2D eigenvalue weighted by Crippen LogP contribution is 2.36. The SMILES string of the molecule is O=C1C(c2ccccc2)=[N+](O)c2cc([NH+]([O-])O)c(/C(Cl)=C/c3ccccc3)cc21. The molecular weight excluding hydrogens is 392 g/mol. The molecule has 1 unspecified atom stereocenters. The average Bonchev–Trinajstić information content (AvgIpc) is 2.98. The molecule has 7 heteroatoms. The van der Waals surface area contributed by atoms with Crippen LogP contribution in [-0.4, -0.2) is 26.6 Å². The predicted octanol–water partition coefficient (Wildman–Crippen LogP) is 3.55. The van der Waals surface area contributed by atoms with Crippen LogP contribution in [0.3, 0.4) is 0 Å². The second-order valence-corrected chi connectivity index (χ2v) is 6.89. The number of ketones is 1. The maximum atomic E-state index is 13.0. The molecule has 3 N–H and O–H groups in total. The van der Waals surface area contributed by atoms with Crippen molar-refractivity contribution in [1.82, 2.24) is 0 Å². The van der Waals surface area contributed by atoms with Crippen LogP contribution in [0.25, 0.3) is 11.1 Å². The monoisotopic (exact) mass is 407 g/mol. The van der Waals surface area contributed by atoms with Gasteiger partial charge in [0, 0.05) is 4.74 Å². The zero-order valence-electron chi connectivity index (χ0n) is 15.0. The molecule has 3 aromatic rings. The highest BCUT2D eigenvalue weighted by Gasteiger charge is 2.42. The highest BCUT2D eigenvalue weighted by molar-refractivity contribution is 6.53. The van der Waals surface area contributed by atoms with Crippen LogP contribution in [0.1, 0.15) is 27.0 Å². The van der Waals surface area contributed by atoms with E-state index in [1.54, 1.807) is 36.4 Å². The molecule has 0 aliphatic carbocycles. The predicted molar refractivity (Wildman–Crippen MR) is 109 cm³/mol. The fraction of sp³-hybridized carbons (Fsp3) is 0. The summed E-state index contributed by atoms with van der Waals surface area (Å²) in [5, 5.41) is 31.1. The number of benzene rings is 3. The molecular formula is C22H16ClN2O4+. The van der Waals surface area contributed by atoms with Gasteiger partial charge in [0.25, 0.3) is 11.5 Å². The van der Waals surface area contributed by atoms with Gasteiger partial charge in [-0.25, -0.2) is 5.21 Å². The standard InChI is InChI=1S/C22H16ClN2O4/c23-18(11-14-7-3-1-4-8-14)16-12-17-19(13-20(16)25(28)29)24(27)21(22(17)26)15-9-5-2-6-10-15/h1-13,25,27-28H/q+1/b18-11-. The Balaban J connectivity index is 1.86. The molecule has 0 fully saturated rings. The second-order valence-electron chi connectivity index (χ2n) is 6.48. The molecule has 0 saturated heterocycles. The first-order valence-corrected chi connectivity index (χ1v) is 9.15. The first kappa shape index (κ1) is 19.0. The van der Waals surface area contributed by atoms with Crippen LogP contribution in [0.15, 0.2) is 72.8 Å². The largest absolute Gasteiger partial charge is 0.595 e. The minimum atomic E-state index is -1.21. The van der Waals surface area contributed by atoms with Gasteiger partial charge in [0.2, 0.25) is 0 Å². The Bertz CT molecular complexity index is 1160. The maximum Gasteiger partial charge on any atom is 0.313 e. The number of carbonyl (C=O) groups excluding carboxylic acids is 1. The molecule has 0 saturated carbocycles. The van der Waals surface area contributed by atoms with E-state index in [4.69, 9.17) is 11.6 Å². The lowest BCUT2D eigenvalue weighted by Crippen LogP contribution is -2.99. The summed E-state index contributed by atoms with van der Waals surface area (Å²) >= 11 is 6.43. The van der Waals surface area contributed by atoms with Gasteiger partial charge in [0.05, 0.1) is 22.2 Å². The third kappa shape index (κ3) is 3.46. The third-order valence-corrected chi connectivity index (χ3v) is 4.98. The topological polar surface area (TPSA) is 88.0 Å². The van der Waals surface area contributed by atoms with E-state index in [1.807, 2.05) is 30.3 Å².